The predicted molar refractivity (Wildman–Crippen MR) is 131 cm³/mol. The third-order valence-electron chi connectivity index (χ3n) is 4.68. The molecule has 204 valence electrons. The van der Waals surface area contributed by atoms with Crippen LogP contribution >= 0.6 is 43.6 Å². The van der Waals surface area contributed by atoms with Gasteiger partial charge in [0.15, 0.2) is 0 Å². The van der Waals surface area contributed by atoms with E-state index in [0.29, 0.717) is 32.8 Å². The summed E-state index contributed by atoms with van der Waals surface area (Å²) in [5.74, 6) is -4.68. The van der Waals surface area contributed by atoms with E-state index in [4.69, 9.17) is 0 Å². The average molecular weight is 687 g/mol. The lowest BCUT2D eigenvalue weighted by Crippen LogP contribution is -2.35. The highest BCUT2D eigenvalue weighted by Gasteiger charge is 2.39. The van der Waals surface area contributed by atoms with E-state index in [1.54, 1.807) is 0 Å². The SMILES string of the molecule is CC(CSCC(F)(F)F)NC(=O)c1ccc(/C=C/C(c2cc(Br)cc(Br)c2)C(F)(F)F)cc1C(F)(F)F. The van der Waals surface area contributed by atoms with Crippen LogP contribution in [0.25, 0.3) is 6.08 Å². The Kier molecular flexibility index (Phi) is 10.6. The number of hydrogen-bond donors (Lipinski definition) is 1. The number of alkyl halides is 9. The van der Waals surface area contributed by atoms with Crippen LogP contribution in [0.5, 0.6) is 0 Å². The molecule has 2 nitrogen and oxygen atoms in total. The van der Waals surface area contributed by atoms with E-state index in [9.17, 15) is 44.3 Å². The fourth-order valence-corrected chi connectivity index (χ4v) is 5.28. The van der Waals surface area contributed by atoms with Gasteiger partial charge in [0.25, 0.3) is 5.91 Å². The Morgan fingerprint density at radius 3 is 2.08 bits per heavy atom. The number of amides is 1. The molecule has 0 aromatic heterocycles. The van der Waals surface area contributed by atoms with Crippen molar-refractivity contribution < 1.29 is 44.3 Å². The normalized spacial score (nSPS) is 14.6. The van der Waals surface area contributed by atoms with Crippen molar-refractivity contribution in [1.82, 2.24) is 5.32 Å². The zero-order valence-electron chi connectivity index (χ0n) is 18.7. The summed E-state index contributed by atoms with van der Waals surface area (Å²) in [5, 5.41) is 2.21. The minimum absolute atomic E-state index is 0.158. The molecule has 14 heteroatoms. The third kappa shape index (κ3) is 10.2. The standard InChI is InChI=1S/C23H18Br2F9NOS/c1-12(10-37-11-21(26,27)28)35-20(36)17-4-2-13(6-19(17)23(32,33)34)3-5-18(22(29,30)31)14-7-15(24)9-16(25)8-14/h2-9,12,18H,10-11H2,1H3,(H,35,36)/b5-3+. The van der Waals surface area contributed by atoms with Crippen LogP contribution in [-0.4, -0.2) is 35.8 Å². The smallest absolute Gasteiger partial charge is 0.349 e. The van der Waals surface area contributed by atoms with Gasteiger partial charge in [-0.25, -0.2) is 0 Å². The number of halogens is 11. The molecule has 37 heavy (non-hydrogen) atoms. The number of benzene rings is 2. The highest BCUT2D eigenvalue weighted by atomic mass is 79.9. The topological polar surface area (TPSA) is 29.1 Å². The van der Waals surface area contributed by atoms with Gasteiger partial charge in [-0.2, -0.15) is 51.3 Å². The number of hydrogen-bond acceptors (Lipinski definition) is 2. The second-order valence-electron chi connectivity index (χ2n) is 7.89. The monoisotopic (exact) mass is 685 g/mol. The van der Waals surface area contributed by atoms with Crippen molar-refractivity contribution in [3.05, 3.63) is 73.7 Å². The molecule has 1 amide bonds. The summed E-state index contributed by atoms with van der Waals surface area (Å²) >= 11 is 6.66. The van der Waals surface area contributed by atoms with Gasteiger partial charge in [0, 0.05) is 20.7 Å². The van der Waals surface area contributed by atoms with Gasteiger partial charge in [-0.15, -0.1) is 0 Å². The Morgan fingerprint density at radius 2 is 1.57 bits per heavy atom. The first-order chi connectivity index (χ1) is 16.9. The van der Waals surface area contributed by atoms with E-state index < -0.39 is 53.3 Å². The number of carbonyl (C=O) groups is 1. The summed E-state index contributed by atoms with van der Waals surface area (Å²) < 4.78 is 120. The molecule has 0 aliphatic rings. The maximum absolute atomic E-state index is 13.7. The Hall–Kier alpha value is -1.67. The number of carbonyl (C=O) groups excluding carboxylic acids is 1. The molecule has 0 fully saturated rings. The molecule has 0 saturated carbocycles. The van der Waals surface area contributed by atoms with Crippen LogP contribution in [0.1, 0.15) is 39.9 Å². The molecule has 0 radical (unpaired) electrons. The average Bonchev–Trinajstić information content (AvgIpc) is 2.70. The van der Waals surface area contributed by atoms with Crippen LogP contribution in [-0.2, 0) is 6.18 Å². The van der Waals surface area contributed by atoms with E-state index in [1.165, 1.54) is 25.1 Å². The summed E-state index contributed by atoms with van der Waals surface area (Å²) in [6, 6.07) is 5.51. The van der Waals surface area contributed by atoms with Crippen molar-refractivity contribution in [1.29, 1.82) is 0 Å². The van der Waals surface area contributed by atoms with Crippen LogP contribution in [0.3, 0.4) is 0 Å². The van der Waals surface area contributed by atoms with Crippen LogP contribution in [0, 0.1) is 0 Å². The van der Waals surface area contributed by atoms with Gasteiger partial charge in [0.1, 0.15) is 0 Å². The van der Waals surface area contributed by atoms with Crippen molar-refractivity contribution in [2.24, 2.45) is 0 Å². The molecule has 2 unspecified atom stereocenters. The summed E-state index contributed by atoms with van der Waals surface area (Å²) in [4.78, 5) is 12.4. The molecule has 0 spiro atoms. The molecule has 0 aliphatic heterocycles. The van der Waals surface area contributed by atoms with Crippen molar-refractivity contribution in [2.75, 3.05) is 11.5 Å². The molecule has 0 aliphatic carbocycles. The van der Waals surface area contributed by atoms with Crippen molar-refractivity contribution in [2.45, 2.75) is 37.4 Å². The second kappa shape index (κ2) is 12.5. The first kappa shape index (κ1) is 31.5. The van der Waals surface area contributed by atoms with E-state index >= 15 is 0 Å². The van der Waals surface area contributed by atoms with Gasteiger partial charge in [-0.3, -0.25) is 4.79 Å². The van der Waals surface area contributed by atoms with Gasteiger partial charge in [0.05, 0.1) is 22.8 Å². The molecule has 2 aromatic carbocycles. The molecule has 2 aromatic rings. The summed E-state index contributed by atoms with van der Waals surface area (Å²) in [5.41, 5.74) is -2.59. The molecule has 1 N–H and O–H groups in total. The first-order valence-electron chi connectivity index (χ1n) is 10.2. The maximum Gasteiger partial charge on any atom is 0.417 e. The minimum Gasteiger partial charge on any atom is -0.349 e. The van der Waals surface area contributed by atoms with Gasteiger partial charge in [0.2, 0.25) is 0 Å². The largest absolute Gasteiger partial charge is 0.417 e. The minimum atomic E-state index is -5.02. The Bertz CT molecular complexity index is 1110. The zero-order chi connectivity index (χ0) is 28.2. The van der Waals surface area contributed by atoms with Crippen LogP contribution in [0.15, 0.2) is 51.4 Å². The van der Waals surface area contributed by atoms with Gasteiger partial charge >= 0.3 is 18.5 Å². The Balaban J connectivity index is 2.31. The molecule has 0 saturated heterocycles. The summed E-state index contributed by atoms with van der Waals surface area (Å²) in [7, 11) is 0. The number of thioether (sulfide) groups is 1. The van der Waals surface area contributed by atoms with Crippen LogP contribution < -0.4 is 5.32 Å². The maximum atomic E-state index is 13.7. The lowest BCUT2D eigenvalue weighted by Gasteiger charge is -2.19. The van der Waals surface area contributed by atoms with Gasteiger partial charge in [-0.1, -0.05) is 50.1 Å². The van der Waals surface area contributed by atoms with Gasteiger partial charge in [-0.05, 0) is 48.4 Å². The Morgan fingerprint density at radius 1 is 0.973 bits per heavy atom. The van der Waals surface area contributed by atoms with Crippen molar-refractivity contribution in [3.63, 3.8) is 0 Å². The van der Waals surface area contributed by atoms with E-state index in [1.807, 2.05) is 0 Å². The molecule has 0 bridgehead atoms. The van der Waals surface area contributed by atoms with Crippen LogP contribution in [0.2, 0.25) is 0 Å². The Labute approximate surface area is 227 Å². The lowest BCUT2D eigenvalue weighted by molar-refractivity contribution is -0.139. The molecule has 0 heterocycles. The highest BCUT2D eigenvalue weighted by Crippen LogP contribution is 2.39. The highest BCUT2D eigenvalue weighted by molar-refractivity contribution is 9.11. The van der Waals surface area contributed by atoms with Crippen LogP contribution in [0.4, 0.5) is 39.5 Å². The van der Waals surface area contributed by atoms with Crippen molar-refractivity contribution >= 4 is 55.6 Å². The fraction of sp³-hybridized carbons (Fsp3) is 0.348. The fourth-order valence-electron chi connectivity index (χ4n) is 3.16. The molecular weight excluding hydrogens is 669 g/mol. The number of rotatable bonds is 8. The molecular formula is C23H18Br2F9NOS. The second-order valence-corrected chi connectivity index (χ2v) is 10.8. The first-order valence-corrected chi connectivity index (χ1v) is 13.0. The van der Waals surface area contributed by atoms with E-state index in [-0.39, 0.29) is 16.9 Å². The number of allylic oxidation sites excluding steroid dienone is 1. The summed E-state index contributed by atoms with van der Waals surface area (Å²) in [6.45, 7) is 1.34. The van der Waals surface area contributed by atoms with Gasteiger partial charge < -0.3 is 5.32 Å². The third-order valence-corrected chi connectivity index (χ3v) is 6.87. The zero-order valence-corrected chi connectivity index (χ0v) is 22.7. The quantitative estimate of drug-likeness (QED) is 0.281. The molecule has 2 rings (SSSR count). The lowest BCUT2D eigenvalue weighted by atomic mass is 9.96. The predicted octanol–water partition coefficient (Wildman–Crippen LogP) is 9.00. The summed E-state index contributed by atoms with van der Waals surface area (Å²) in [6.07, 6.45) is -12.6. The van der Waals surface area contributed by atoms with Crippen molar-refractivity contribution in [3.8, 4) is 0 Å². The van der Waals surface area contributed by atoms with E-state index in [0.717, 1.165) is 18.2 Å². The number of nitrogens with one attached hydrogen (secondary N) is 1. The molecule has 2 atom stereocenters. The van der Waals surface area contributed by atoms with E-state index in [2.05, 4.69) is 37.2 Å².